The molecule has 5 nitrogen and oxygen atoms in total. The Morgan fingerprint density at radius 3 is 2.62 bits per heavy atom. The molecule has 0 spiro atoms. The second-order valence-electron chi connectivity index (χ2n) is 3.28. The van der Waals surface area contributed by atoms with Gasteiger partial charge in [-0.05, 0) is 25.1 Å². The summed E-state index contributed by atoms with van der Waals surface area (Å²) in [6.45, 7) is 1.52. The highest BCUT2D eigenvalue weighted by Crippen LogP contribution is 2.23. The second kappa shape index (κ2) is 4.96. The lowest BCUT2D eigenvalue weighted by atomic mass is 10.2. The molecule has 0 aliphatic heterocycles. The minimum Gasteiger partial charge on any atom is -0.478 e. The molecule has 1 aromatic carbocycles. The molecule has 1 rings (SSSR count). The van der Waals surface area contributed by atoms with E-state index in [0.717, 1.165) is 0 Å². The molecular weight excluding hydrogens is 232 g/mol. The number of aromatic carboxylic acids is 1. The van der Waals surface area contributed by atoms with Crippen LogP contribution in [0, 0.1) is 0 Å². The Balaban J connectivity index is 2.99. The average molecular weight is 243 g/mol. The fraction of sp³-hybridized carbons (Fsp3) is 0.200. The minimum atomic E-state index is -1.09. The molecule has 16 heavy (non-hydrogen) atoms. The van der Waals surface area contributed by atoms with Crippen LogP contribution in [0.5, 0.6) is 0 Å². The van der Waals surface area contributed by atoms with Crippen molar-refractivity contribution in [3.63, 3.8) is 0 Å². The van der Waals surface area contributed by atoms with Gasteiger partial charge in [0.2, 0.25) is 5.91 Å². The van der Waals surface area contributed by atoms with Crippen molar-refractivity contribution in [2.75, 3.05) is 5.32 Å². The predicted molar refractivity (Wildman–Crippen MR) is 60.7 cm³/mol. The zero-order valence-electron chi connectivity index (χ0n) is 8.53. The average Bonchev–Trinajstić information content (AvgIpc) is 2.20. The smallest absolute Gasteiger partial charge is 0.335 e. The third kappa shape index (κ3) is 2.95. The van der Waals surface area contributed by atoms with Gasteiger partial charge in [0.05, 0.1) is 22.3 Å². The molecule has 0 fully saturated rings. The molecule has 0 aromatic heterocycles. The molecule has 86 valence electrons. The largest absolute Gasteiger partial charge is 0.478 e. The summed E-state index contributed by atoms with van der Waals surface area (Å²) >= 11 is 5.80. The molecule has 6 heteroatoms. The number of hydrogen-bond acceptors (Lipinski definition) is 3. The van der Waals surface area contributed by atoms with Crippen molar-refractivity contribution in [2.24, 2.45) is 5.73 Å². The fourth-order valence-electron chi connectivity index (χ4n) is 1.00. The maximum atomic E-state index is 11.3. The minimum absolute atomic E-state index is 0.0457. The summed E-state index contributed by atoms with van der Waals surface area (Å²) < 4.78 is 0. The summed E-state index contributed by atoms with van der Waals surface area (Å²) in [5.41, 5.74) is 5.65. The highest BCUT2D eigenvalue weighted by molar-refractivity contribution is 6.33. The summed E-state index contributed by atoms with van der Waals surface area (Å²) in [6.07, 6.45) is 0. The third-order valence-corrected chi connectivity index (χ3v) is 2.21. The molecular formula is C10H11ClN2O3. The van der Waals surface area contributed by atoms with Crippen molar-refractivity contribution in [3.8, 4) is 0 Å². The van der Waals surface area contributed by atoms with Gasteiger partial charge >= 0.3 is 5.97 Å². The predicted octanol–water partition coefficient (Wildman–Crippen LogP) is 1.32. The Morgan fingerprint density at radius 1 is 1.50 bits per heavy atom. The van der Waals surface area contributed by atoms with E-state index in [1.54, 1.807) is 0 Å². The van der Waals surface area contributed by atoms with Gasteiger partial charge in [-0.15, -0.1) is 0 Å². The summed E-state index contributed by atoms with van der Waals surface area (Å²) in [4.78, 5) is 22.0. The Morgan fingerprint density at radius 2 is 2.12 bits per heavy atom. The highest BCUT2D eigenvalue weighted by atomic mass is 35.5. The standard InChI is InChI=1S/C10H11ClN2O3/c1-5(12)9(14)13-8-4-6(10(15)16)2-3-7(8)11/h2-5H,12H2,1H3,(H,13,14)(H,15,16)/t5-/m0/s1. The van der Waals surface area contributed by atoms with Crippen LogP contribution in [-0.4, -0.2) is 23.0 Å². The lowest BCUT2D eigenvalue weighted by molar-refractivity contribution is -0.117. The Labute approximate surface area is 97.2 Å². The summed E-state index contributed by atoms with van der Waals surface area (Å²) in [5, 5.41) is 11.5. The van der Waals surface area contributed by atoms with Crippen molar-refractivity contribution < 1.29 is 14.7 Å². The van der Waals surface area contributed by atoms with Crippen LogP contribution < -0.4 is 11.1 Å². The number of carbonyl (C=O) groups excluding carboxylic acids is 1. The number of rotatable bonds is 3. The monoisotopic (exact) mass is 242 g/mol. The van der Waals surface area contributed by atoms with Gasteiger partial charge in [0.25, 0.3) is 0 Å². The number of hydrogen-bond donors (Lipinski definition) is 3. The van der Waals surface area contributed by atoms with Crippen molar-refractivity contribution >= 4 is 29.2 Å². The van der Waals surface area contributed by atoms with E-state index in [9.17, 15) is 9.59 Å². The molecule has 1 atom stereocenters. The molecule has 0 aliphatic rings. The zero-order valence-corrected chi connectivity index (χ0v) is 9.28. The van der Waals surface area contributed by atoms with Crippen LogP contribution in [-0.2, 0) is 4.79 Å². The molecule has 0 heterocycles. The number of benzene rings is 1. The Hall–Kier alpha value is -1.59. The van der Waals surface area contributed by atoms with Crippen molar-refractivity contribution in [3.05, 3.63) is 28.8 Å². The van der Waals surface area contributed by atoms with E-state index in [0.29, 0.717) is 0 Å². The number of nitrogens with one attached hydrogen (secondary N) is 1. The molecule has 1 amide bonds. The first-order valence-corrected chi connectivity index (χ1v) is 4.89. The fourth-order valence-corrected chi connectivity index (χ4v) is 1.17. The number of nitrogens with two attached hydrogens (primary N) is 1. The number of carboxylic acids is 1. The first-order valence-electron chi connectivity index (χ1n) is 4.51. The second-order valence-corrected chi connectivity index (χ2v) is 3.68. The van der Waals surface area contributed by atoms with Gasteiger partial charge in [0.1, 0.15) is 0 Å². The first kappa shape index (κ1) is 12.5. The Kier molecular flexibility index (Phi) is 3.87. The summed E-state index contributed by atoms with van der Waals surface area (Å²) in [7, 11) is 0. The maximum Gasteiger partial charge on any atom is 0.335 e. The van der Waals surface area contributed by atoms with Crippen LogP contribution in [0.3, 0.4) is 0 Å². The molecule has 0 saturated carbocycles. The number of amides is 1. The van der Waals surface area contributed by atoms with Gasteiger partial charge in [-0.1, -0.05) is 11.6 Å². The molecule has 0 aliphatic carbocycles. The van der Waals surface area contributed by atoms with Crippen LogP contribution >= 0.6 is 11.6 Å². The lowest BCUT2D eigenvalue weighted by Gasteiger charge is -2.09. The number of anilines is 1. The highest BCUT2D eigenvalue weighted by Gasteiger charge is 2.12. The molecule has 0 radical (unpaired) electrons. The van der Waals surface area contributed by atoms with E-state index in [-0.39, 0.29) is 16.3 Å². The van der Waals surface area contributed by atoms with Crippen LogP contribution in [0.4, 0.5) is 5.69 Å². The summed E-state index contributed by atoms with van der Waals surface area (Å²) in [5.74, 6) is -1.52. The normalized spacial score (nSPS) is 11.9. The molecule has 1 aromatic rings. The zero-order chi connectivity index (χ0) is 12.3. The van der Waals surface area contributed by atoms with Gasteiger partial charge < -0.3 is 16.2 Å². The van der Waals surface area contributed by atoms with E-state index in [2.05, 4.69) is 5.32 Å². The molecule has 4 N–H and O–H groups in total. The quantitative estimate of drug-likeness (QED) is 0.745. The van der Waals surface area contributed by atoms with E-state index in [4.69, 9.17) is 22.4 Å². The van der Waals surface area contributed by atoms with Crippen LogP contribution in [0.2, 0.25) is 5.02 Å². The first-order chi connectivity index (χ1) is 7.41. The number of carboxylic acid groups (broad SMARTS) is 1. The number of carbonyl (C=O) groups is 2. The third-order valence-electron chi connectivity index (χ3n) is 1.88. The lowest BCUT2D eigenvalue weighted by Crippen LogP contribution is -2.32. The Bertz CT molecular complexity index is 432. The van der Waals surface area contributed by atoms with E-state index >= 15 is 0 Å². The molecule has 0 saturated heterocycles. The number of halogens is 1. The van der Waals surface area contributed by atoms with Gasteiger partial charge in [-0.3, -0.25) is 4.79 Å². The van der Waals surface area contributed by atoms with Crippen LogP contribution in [0.25, 0.3) is 0 Å². The van der Waals surface area contributed by atoms with Gasteiger partial charge in [0.15, 0.2) is 0 Å². The van der Waals surface area contributed by atoms with E-state index in [1.165, 1.54) is 25.1 Å². The van der Waals surface area contributed by atoms with E-state index in [1.807, 2.05) is 0 Å². The SMILES string of the molecule is C[C@H](N)C(=O)Nc1cc(C(=O)O)ccc1Cl. The van der Waals surface area contributed by atoms with Gasteiger partial charge in [-0.25, -0.2) is 4.79 Å². The molecule has 0 bridgehead atoms. The van der Waals surface area contributed by atoms with E-state index < -0.39 is 17.9 Å². The topological polar surface area (TPSA) is 92.4 Å². The van der Waals surface area contributed by atoms with Crippen molar-refractivity contribution in [1.29, 1.82) is 0 Å². The van der Waals surface area contributed by atoms with Crippen LogP contribution in [0.15, 0.2) is 18.2 Å². The maximum absolute atomic E-state index is 11.3. The van der Waals surface area contributed by atoms with Crippen molar-refractivity contribution in [1.82, 2.24) is 0 Å². The molecule has 0 unspecified atom stereocenters. The van der Waals surface area contributed by atoms with Crippen LogP contribution in [0.1, 0.15) is 17.3 Å². The summed E-state index contributed by atoms with van der Waals surface area (Å²) in [6, 6.07) is 3.35. The van der Waals surface area contributed by atoms with Gasteiger partial charge in [-0.2, -0.15) is 0 Å². The van der Waals surface area contributed by atoms with Gasteiger partial charge in [0, 0.05) is 0 Å². The van der Waals surface area contributed by atoms with Crippen molar-refractivity contribution in [2.45, 2.75) is 13.0 Å².